The van der Waals surface area contributed by atoms with Crippen molar-refractivity contribution in [3.63, 3.8) is 0 Å². The molecule has 204 valence electrons. The van der Waals surface area contributed by atoms with E-state index >= 15 is 0 Å². The third-order valence-corrected chi connectivity index (χ3v) is 7.40. The predicted molar refractivity (Wildman–Crippen MR) is 134 cm³/mol. The molecule has 11 heteroatoms. The number of phenols is 1. The molecule has 38 heavy (non-hydrogen) atoms. The zero-order valence-electron chi connectivity index (χ0n) is 22.1. The maximum Gasteiger partial charge on any atom is 0.410 e. The molecule has 0 radical (unpaired) electrons. The van der Waals surface area contributed by atoms with Crippen molar-refractivity contribution in [2.75, 3.05) is 61.9 Å². The van der Waals surface area contributed by atoms with E-state index in [-0.39, 0.29) is 30.6 Å². The third kappa shape index (κ3) is 4.40. The second kappa shape index (κ2) is 10.1. The first-order valence-electron chi connectivity index (χ1n) is 12.3. The van der Waals surface area contributed by atoms with Crippen molar-refractivity contribution in [2.24, 2.45) is 11.8 Å². The van der Waals surface area contributed by atoms with Gasteiger partial charge in [0, 0.05) is 37.5 Å². The van der Waals surface area contributed by atoms with Gasteiger partial charge >= 0.3 is 12.1 Å². The van der Waals surface area contributed by atoms with Crippen LogP contribution in [-0.2, 0) is 14.3 Å². The van der Waals surface area contributed by atoms with Gasteiger partial charge in [0.15, 0.2) is 23.0 Å². The van der Waals surface area contributed by atoms with Crippen LogP contribution in [0.15, 0.2) is 24.3 Å². The number of fused-ring (bicyclic) bond motifs is 3. The Balaban J connectivity index is 1.62. The van der Waals surface area contributed by atoms with Gasteiger partial charge < -0.3 is 43.3 Å². The molecule has 2 aliphatic heterocycles. The van der Waals surface area contributed by atoms with E-state index < -0.39 is 35.9 Å². The van der Waals surface area contributed by atoms with Gasteiger partial charge in [-0.05, 0) is 49.5 Å². The molecule has 0 saturated carbocycles. The molecule has 2 aromatic rings. The highest BCUT2D eigenvalue weighted by atomic mass is 16.7. The van der Waals surface area contributed by atoms with Crippen LogP contribution in [0.3, 0.4) is 0 Å². The van der Waals surface area contributed by atoms with Crippen molar-refractivity contribution in [1.82, 2.24) is 9.80 Å². The topological polar surface area (TPSA) is 116 Å². The van der Waals surface area contributed by atoms with Gasteiger partial charge in [-0.3, -0.25) is 4.79 Å². The molecule has 5 rings (SSSR count). The number of hydrogen-bond acceptors (Lipinski definition) is 10. The summed E-state index contributed by atoms with van der Waals surface area (Å²) in [6.45, 7) is 1.31. The van der Waals surface area contributed by atoms with E-state index in [0.29, 0.717) is 35.7 Å². The van der Waals surface area contributed by atoms with Crippen molar-refractivity contribution in [1.29, 1.82) is 0 Å². The minimum atomic E-state index is -0.748. The van der Waals surface area contributed by atoms with Crippen molar-refractivity contribution < 1.29 is 43.1 Å². The highest BCUT2D eigenvalue weighted by molar-refractivity contribution is 5.79. The number of likely N-dealkylation sites (N-methyl/N-ethyl adjacent to an activating group) is 2. The molecule has 1 amide bonds. The molecule has 0 aromatic heterocycles. The largest absolute Gasteiger partial charge is 0.502 e. The molecule has 2 heterocycles. The number of aromatic hydroxyl groups is 1. The van der Waals surface area contributed by atoms with E-state index in [4.69, 9.17) is 28.4 Å². The first-order chi connectivity index (χ1) is 18.2. The van der Waals surface area contributed by atoms with Crippen molar-refractivity contribution in [2.45, 2.75) is 12.0 Å². The van der Waals surface area contributed by atoms with Crippen LogP contribution in [0.2, 0.25) is 0 Å². The lowest BCUT2D eigenvalue weighted by atomic mass is 9.66. The highest BCUT2D eigenvalue weighted by Crippen LogP contribution is 2.56. The fourth-order valence-corrected chi connectivity index (χ4v) is 5.40. The third-order valence-electron chi connectivity index (χ3n) is 7.40. The summed E-state index contributed by atoms with van der Waals surface area (Å²) in [5.74, 6) is -0.664. The maximum atomic E-state index is 13.2. The Bertz CT molecular complexity index is 1220. The zero-order valence-corrected chi connectivity index (χ0v) is 22.1. The van der Waals surface area contributed by atoms with Crippen LogP contribution in [0.25, 0.3) is 0 Å². The molecule has 1 saturated heterocycles. The highest BCUT2D eigenvalue weighted by Gasteiger charge is 2.54. The molecule has 0 bridgehead atoms. The number of carbonyl (C=O) groups is 2. The summed E-state index contributed by atoms with van der Waals surface area (Å²) in [6, 6.07) is 7.00. The number of hydrogen-bond donors (Lipinski definition) is 1. The van der Waals surface area contributed by atoms with Crippen LogP contribution in [0.1, 0.15) is 28.7 Å². The molecule has 3 aliphatic rings. The normalized spacial score (nSPS) is 22.9. The number of rotatable bonds is 7. The van der Waals surface area contributed by atoms with Crippen LogP contribution in [0.4, 0.5) is 4.79 Å². The number of esters is 1. The standard InChI is InChI=1S/C27H32N2O9/c1-28(2)6-7-29(3)27(32)38-25-16-11-19-18(36-13-37-19)10-15(16)22(23-17(25)12-35-26(23)31)14-8-20(33-4)24(30)21(9-14)34-5/h8-11,17,22-23,25,30H,6-7,12-13H2,1-5H3/t17-,22+,23-,25+/m0/s1. The first-order valence-corrected chi connectivity index (χ1v) is 12.3. The fraction of sp³-hybridized carbons (Fsp3) is 0.481. The summed E-state index contributed by atoms with van der Waals surface area (Å²) < 4.78 is 33.7. The average Bonchev–Trinajstić information content (AvgIpc) is 3.52. The zero-order chi connectivity index (χ0) is 27.1. The molecule has 1 fully saturated rings. The van der Waals surface area contributed by atoms with Crippen LogP contribution < -0.4 is 18.9 Å². The maximum absolute atomic E-state index is 13.2. The van der Waals surface area contributed by atoms with Crippen molar-refractivity contribution in [3.05, 3.63) is 41.0 Å². The molecular formula is C27H32N2O9. The Labute approximate surface area is 220 Å². The number of cyclic esters (lactones) is 1. The minimum Gasteiger partial charge on any atom is -0.502 e. The van der Waals surface area contributed by atoms with E-state index in [2.05, 4.69) is 0 Å². The van der Waals surface area contributed by atoms with Crippen molar-refractivity contribution in [3.8, 4) is 28.7 Å². The van der Waals surface area contributed by atoms with Gasteiger partial charge in [-0.25, -0.2) is 4.79 Å². The number of benzene rings is 2. The Morgan fingerprint density at radius 3 is 2.21 bits per heavy atom. The van der Waals surface area contributed by atoms with Crippen LogP contribution >= 0.6 is 0 Å². The molecule has 0 spiro atoms. The summed E-state index contributed by atoms with van der Waals surface area (Å²) in [7, 11) is 8.43. The molecule has 11 nitrogen and oxygen atoms in total. The first kappa shape index (κ1) is 25.8. The van der Waals surface area contributed by atoms with E-state index in [1.807, 2.05) is 31.1 Å². The summed E-state index contributed by atoms with van der Waals surface area (Å²) in [5.41, 5.74) is 2.12. The SMILES string of the molecule is COc1cc([C@@H]2c3cc4c(cc3[C@@H](OC(=O)N(C)CCN(C)C)[C@H]3COC(=O)[C@H]23)OCO4)cc(OC)c1O. The Hall–Kier alpha value is -3.86. The number of amides is 1. The molecular weight excluding hydrogens is 496 g/mol. The van der Waals surface area contributed by atoms with Crippen LogP contribution in [-0.4, -0.2) is 88.8 Å². The number of phenolic OH excluding ortho intramolecular Hbond substituents is 1. The summed E-state index contributed by atoms with van der Waals surface area (Å²) in [6.07, 6.45) is -1.24. The van der Waals surface area contributed by atoms with Crippen LogP contribution in [0.5, 0.6) is 28.7 Å². The summed E-state index contributed by atoms with van der Waals surface area (Å²) >= 11 is 0. The summed E-state index contributed by atoms with van der Waals surface area (Å²) in [4.78, 5) is 29.8. The van der Waals surface area contributed by atoms with Gasteiger partial charge in [0.25, 0.3) is 0 Å². The molecule has 2 aromatic carbocycles. The number of nitrogens with zero attached hydrogens (tertiary/aromatic N) is 2. The van der Waals surface area contributed by atoms with Gasteiger partial charge in [0.1, 0.15) is 6.10 Å². The van der Waals surface area contributed by atoms with E-state index in [1.54, 1.807) is 19.2 Å². The second-order valence-corrected chi connectivity index (χ2v) is 9.93. The van der Waals surface area contributed by atoms with E-state index in [1.165, 1.54) is 19.1 Å². The Morgan fingerprint density at radius 1 is 0.974 bits per heavy atom. The van der Waals surface area contributed by atoms with Gasteiger partial charge in [-0.1, -0.05) is 0 Å². The minimum absolute atomic E-state index is 0.0658. The van der Waals surface area contributed by atoms with E-state index in [9.17, 15) is 14.7 Å². The Kier molecular flexibility index (Phi) is 6.87. The van der Waals surface area contributed by atoms with Gasteiger partial charge in [0.05, 0.1) is 26.7 Å². The van der Waals surface area contributed by atoms with Crippen molar-refractivity contribution >= 4 is 12.1 Å². The lowest BCUT2D eigenvalue weighted by molar-refractivity contribution is -0.141. The number of ether oxygens (including phenoxy) is 6. The predicted octanol–water partition coefficient (Wildman–Crippen LogP) is 2.74. The molecule has 1 aliphatic carbocycles. The van der Waals surface area contributed by atoms with Crippen LogP contribution in [0, 0.1) is 11.8 Å². The lowest BCUT2D eigenvalue weighted by Gasteiger charge is -2.39. The number of methoxy groups -OCH3 is 2. The second-order valence-electron chi connectivity index (χ2n) is 9.93. The molecule has 4 atom stereocenters. The van der Waals surface area contributed by atoms with Gasteiger partial charge in [-0.2, -0.15) is 0 Å². The molecule has 0 unspecified atom stereocenters. The fourth-order valence-electron chi connectivity index (χ4n) is 5.40. The lowest BCUT2D eigenvalue weighted by Crippen LogP contribution is -2.40. The average molecular weight is 529 g/mol. The molecule has 1 N–H and O–H groups in total. The smallest absolute Gasteiger partial charge is 0.410 e. The monoisotopic (exact) mass is 528 g/mol. The van der Waals surface area contributed by atoms with E-state index in [0.717, 1.165) is 5.56 Å². The quantitative estimate of drug-likeness (QED) is 0.538. The van der Waals surface area contributed by atoms with Gasteiger partial charge in [0.2, 0.25) is 12.5 Å². The number of carbonyl (C=O) groups excluding carboxylic acids is 2. The summed E-state index contributed by atoms with van der Waals surface area (Å²) in [5, 5.41) is 10.5. The Morgan fingerprint density at radius 2 is 1.61 bits per heavy atom. The van der Waals surface area contributed by atoms with Gasteiger partial charge in [-0.15, -0.1) is 0 Å².